The number of carbonyl (C=O) groups excluding carboxylic acids is 2. The molecule has 0 radical (unpaired) electrons. The van der Waals surface area contributed by atoms with Crippen molar-refractivity contribution in [2.75, 3.05) is 18.4 Å². The zero-order chi connectivity index (χ0) is 17.6. The van der Waals surface area contributed by atoms with Crippen LogP contribution in [0.5, 0.6) is 0 Å². The fourth-order valence-corrected chi connectivity index (χ4v) is 3.12. The van der Waals surface area contributed by atoms with Crippen LogP contribution < -0.4 is 5.32 Å². The zero-order valence-electron chi connectivity index (χ0n) is 14.5. The Balaban J connectivity index is 1.71. The summed E-state index contributed by atoms with van der Waals surface area (Å²) < 4.78 is 0. The van der Waals surface area contributed by atoms with Crippen LogP contribution in [0.3, 0.4) is 0 Å². The smallest absolute Gasteiger partial charge is 0.244 e. The van der Waals surface area contributed by atoms with E-state index in [0.717, 1.165) is 36.9 Å². The molecule has 3 rings (SSSR count). The van der Waals surface area contributed by atoms with Crippen LogP contribution in [0.2, 0.25) is 0 Å². The van der Waals surface area contributed by atoms with E-state index in [0.29, 0.717) is 24.3 Å². The van der Waals surface area contributed by atoms with Crippen molar-refractivity contribution in [1.29, 1.82) is 0 Å². The third-order valence-electron chi connectivity index (χ3n) is 4.51. The molecule has 2 amide bonds. The number of nitrogens with zero attached hydrogens (tertiary/aromatic N) is 2. The second kappa shape index (κ2) is 7.96. The number of nitrogens with one attached hydrogen (secondary N) is 2. The summed E-state index contributed by atoms with van der Waals surface area (Å²) in [5.41, 5.74) is 3.12. The first-order valence-electron chi connectivity index (χ1n) is 8.83. The molecular weight excluding hydrogens is 316 g/mol. The van der Waals surface area contributed by atoms with E-state index < -0.39 is 0 Å². The summed E-state index contributed by atoms with van der Waals surface area (Å²) in [6.07, 6.45) is 4.62. The van der Waals surface area contributed by atoms with E-state index in [1.807, 2.05) is 37.3 Å². The molecule has 6 nitrogen and oxygen atoms in total. The van der Waals surface area contributed by atoms with Crippen molar-refractivity contribution < 1.29 is 9.59 Å². The van der Waals surface area contributed by atoms with Gasteiger partial charge in [0.25, 0.3) is 0 Å². The number of aryl methyl sites for hydroxylation is 1. The maximum atomic E-state index is 12.5. The Kier molecular flexibility index (Phi) is 5.48. The number of benzene rings is 1. The Bertz CT molecular complexity index is 739. The van der Waals surface area contributed by atoms with Gasteiger partial charge >= 0.3 is 0 Å². The Morgan fingerprint density at radius 1 is 1.20 bits per heavy atom. The second-order valence-electron chi connectivity index (χ2n) is 6.47. The lowest BCUT2D eigenvalue weighted by Crippen LogP contribution is -2.39. The first kappa shape index (κ1) is 17.2. The average Bonchev–Trinajstić information content (AvgIpc) is 2.96. The number of amides is 2. The Labute approximate surface area is 147 Å². The van der Waals surface area contributed by atoms with Crippen molar-refractivity contribution in [3.05, 3.63) is 36.0 Å². The number of hydrogen-bond acceptors (Lipinski definition) is 3. The van der Waals surface area contributed by atoms with Gasteiger partial charge in [0.05, 0.1) is 17.9 Å². The van der Waals surface area contributed by atoms with Gasteiger partial charge in [-0.2, -0.15) is 5.10 Å². The van der Waals surface area contributed by atoms with Gasteiger partial charge in [-0.05, 0) is 19.8 Å². The van der Waals surface area contributed by atoms with Crippen LogP contribution in [-0.2, 0) is 9.59 Å². The lowest BCUT2D eigenvalue weighted by atomic mass is 10.1. The van der Waals surface area contributed by atoms with Crippen LogP contribution in [0, 0.1) is 6.92 Å². The fourth-order valence-electron chi connectivity index (χ4n) is 3.12. The Hall–Kier alpha value is -2.63. The standard InChI is InChI=1S/C19H24N4O2/c1-14-18(19(22-21-14)15-9-5-4-6-10-15)20-16(24)13-23-12-8-3-2-7-11-17(23)25/h4-6,9-10H,2-3,7-8,11-13H2,1H3,(H,20,24)(H,21,22). The van der Waals surface area contributed by atoms with Gasteiger partial charge in [-0.15, -0.1) is 0 Å². The van der Waals surface area contributed by atoms with Gasteiger partial charge in [-0.25, -0.2) is 0 Å². The van der Waals surface area contributed by atoms with Crippen LogP contribution in [0.1, 0.15) is 37.8 Å². The molecule has 1 aliphatic rings. The van der Waals surface area contributed by atoms with Gasteiger partial charge in [0.15, 0.2) is 0 Å². The molecule has 0 unspecified atom stereocenters. The minimum absolute atomic E-state index is 0.0713. The van der Waals surface area contributed by atoms with Gasteiger partial charge < -0.3 is 10.2 Å². The molecule has 1 saturated heterocycles. The molecule has 0 aliphatic carbocycles. The van der Waals surface area contributed by atoms with Crippen molar-refractivity contribution in [2.24, 2.45) is 0 Å². The van der Waals surface area contributed by atoms with E-state index in [-0.39, 0.29) is 18.4 Å². The molecule has 0 spiro atoms. The number of hydrogen-bond donors (Lipinski definition) is 2. The minimum atomic E-state index is -0.185. The Morgan fingerprint density at radius 3 is 2.76 bits per heavy atom. The van der Waals surface area contributed by atoms with Gasteiger partial charge in [-0.3, -0.25) is 14.7 Å². The van der Waals surface area contributed by atoms with Crippen molar-refractivity contribution in [3.8, 4) is 11.3 Å². The van der Waals surface area contributed by atoms with Gasteiger partial charge in [0.1, 0.15) is 5.69 Å². The monoisotopic (exact) mass is 340 g/mol. The van der Waals surface area contributed by atoms with Gasteiger partial charge in [-0.1, -0.05) is 43.2 Å². The molecule has 2 heterocycles. The molecule has 132 valence electrons. The number of likely N-dealkylation sites (tertiary alicyclic amines) is 1. The number of H-pyrrole nitrogens is 1. The highest BCUT2D eigenvalue weighted by molar-refractivity contribution is 5.98. The van der Waals surface area contributed by atoms with Crippen LogP contribution in [0.25, 0.3) is 11.3 Å². The number of rotatable bonds is 4. The minimum Gasteiger partial charge on any atom is -0.333 e. The SMILES string of the molecule is Cc1[nH]nc(-c2ccccc2)c1NC(=O)CN1CCCCCCC1=O. The third-order valence-corrected chi connectivity index (χ3v) is 4.51. The maximum Gasteiger partial charge on any atom is 0.244 e. The number of aromatic amines is 1. The molecule has 25 heavy (non-hydrogen) atoms. The molecular formula is C19H24N4O2. The van der Waals surface area contributed by atoms with E-state index >= 15 is 0 Å². The second-order valence-corrected chi connectivity index (χ2v) is 6.47. The van der Waals surface area contributed by atoms with E-state index in [1.165, 1.54) is 0 Å². The number of anilines is 1. The maximum absolute atomic E-state index is 12.5. The normalized spacial score (nSPS) is 15.6. The van der Waals surface area contributed by atoms with E-state index in [4.69, 9.17) is 0 Å². The quantitative estimate of drug-likeness (QED) is 0.897. The predicted octanol–water partition coefficient (Wildman–Crippen LogP) is 3.12. The highest BCUT2D eigenvalue weighted by Crippen LogP contribution is 2.28. The van der Waals surface area contributed by atoms with Crippen molar-refractivity contribution in [3.63, 3.8) is 0 Å². The summed E-state index contributed by atoms with van der Waals surface area (Å²) in [6, 6.07) is 9.71. The molecule has 1 aromatic carbocycles. The zero-order valence-corrected chi connectivity index (χ0v) is 14.5. The first-order valence-corrected chi connectivity index (χ1v) is 8.83. The lowest BCUT2D eigenvalue weighted by molar-refractivity contribution is -0.135. The Morgan fingerprint density at radius 2 is 1.96 bits per heavy atom. The average molecular weight is 340 g/mol. The molecule has 0 saturated carbocycles. The fraction of sp³-hybridized carbons (Fsp3) is 0.421. The van der Waals surface area contributed by atoms with Gasteiger partial charge in [0, 0.05) is 18.5 Å². The van der Waals surface area contributed by atoms with Crippen molar-refractivity contribution in [2.45, 2.75) is 39.0 Å². The lowest BCUT2D eigenvalue weighted by Gasteiger charge is -2.24. The van der Waals surface area contributed by atoms with E-state index in [9.17, 15) is 9.59 Å². The summed E-state index contributed by atoms with van der Waals surface area (Å²) >= 11 is 0. The summed E-state index contributed by atoms with van der Waals surface area (Å²) in [7, 11) is 0. The molecule has 2 N–H and O–H groups in total. The molecule has 1 aliphatic heterocycles. The van der Waals surface area contributed by atoms with E-state index in [2.05, 4.69) is 15.5 Å². The first-order chi connectivity index (χ1) is 12.1. The highest BCUT2D eigenvalue weighted by atomic mass is 16.2. The molecule has 6 heteroatoms. The molecule has 1 fully saturated rings. The molecule has 1 aromatic heterocycles. The summed E-state index contributed by atoms with van der Waals surface area (Å²) in [4.78, 5) is 26.4. The third kappa shape index (κ3) is 4.26. The highest BCUT2D eigenvalue weighted by Gasteiger charge is 2.20. The molecule has 2 aromatic rings. The van der Waals surface area contributed by atoms with Crippen LogP contribution in [-0.4, -0.2) is 40.0 Å². The van der Waals surface area contributed by atoms with Crippen molar-refractivity contribution in [1.82, 2.24) is 15.1 Å². The largest absolute Gasteiger partial charge is 0.333 e. The summed E-state index contributed by atoms with van der Waals surface area (Å²) in [5.74, 6) is -0.113. The van der Waals surface area contributed by atoms with Crippen molar-refractivity contribution >= 4 is 17.5 Å². The van der Waals surface area contributed by atoms with E-state index in [1.54, 1.807) is 4.90 Å². The summed E-state index contributed by atoms with van der Waals surface area (Å²) in [6.45, 7) is 2.62. The topological polar surface area (TPSA) is 78.1 Å². The molecule has 0 atom stereocenters. The van der Waals surface area contributed by atoms with Crippen LogP contribution in [0.4, 0.5) is 5.69 Å². The number of aromatic nitrogens is 2. The van der Waals surface area contributed by atoms with Crippen LogP contribution in [0.15, 0.2) is 30.3 Å². The van der Waals surface area contributed by atoms with Crippen LogP contribution >= 0.6 is 0 Å². The summed E-state index contributed by atoms with van der Waals surface area (Å²) in [5, 5.41) is 10.2. The van der Waals surface area contributed by atoms with Gasteiger partial charge in [0.2, 0.25) is 11.8 Å². The predicted molar refractivity (Wildman–Crippen MR) is 97.1 cm³/mol. The number of carbonyl (C=O) groups is 2. The molecule has 0 bridgehead atoms.